The fourth-order valence-corrected chi connectivity index (χ4v) is 5.77. The molecule has 0 aromatic heterocycles. The van der Waals surface area contributed by atoms with E-state index in [2.05, 4.69) is 13.0 Å². The molecule has 0 amide bonds. The highest BCUT2D eigenvalue weighted by atomic mass is 16.5. The number of ether oxygens (including phenoxy) is 2. The van der Waals surface area contributed by atoms with Gasteiger partial charge in [-0.05, 0) is 54.9 Å². The lowest BCUT2D eigenvalue weighted by Gasteiger charge is -2.60. The predicted molar refractivity (Wildman–Crippen MR) is 83.8 cm³/mol. The molecule has 4 nitrogen and oxygen atoms in total. The Morgan fingerprint density at radius 1 is 1.35 bits per heavy atom. The molecule has 2 unspecified atom stereocenters. The number of aliphatic hydroxyl groups is 1. The lowest BCUT2D eigenvalue weighted by atomic mass is 9.44. The first kappa shape index (κ1) is 13.6. The molecule has 1 fully saturated rings. The second-order valence-electron chi connectivity index (χ2n) is 7.44. The van der Waals surface area contributed by atoms with Crippen molar-refractivity contribution in [3.05, 3.63) is 35.4 Å². The molecular weight excluding hydrogens is 292 g/mol. The van der Waals surface area contributed by atoms with Gasteiger partial charge in [0.25, 0.3) is 0 Å². The number of benzene rings is 1. The van der Waals surface area contributed by atoms with Crippen LogP contribution >= 0.6 is 0 Å². The molecule has 1 spiro atoms. The van der Waals surface area contributed by atoms with Crippen molar-refractivity contribution in [2.45, 2.75) is 43.3 Å². The first-order chi connectivity index (χ1) is 11.0. The van der Waals surface area contributed by atoms with Crippen LogP contribution in [-0.2, 0) is 16.6 Å². The first-order valence-electron chi connectivity index (χ1n) is 8.36. The second kappa shape index (κ2) is 3.99. The zero-order chi connectivity index (χ0) is 16.0. The third-order valence-electron chi connectivity index (χ3n) is 6.73. The van der Waals surface area contributed by atoms with Crippen LogP contribution in [0.5, 0.6) is 11.5 Å². The summed E-state index contributed by atoms with van der Waals surface area (Å²) in [4.78, 5) is 12.6. The third kappa shape index (κ3) is 1.25. The van der Waals surface area contributed by atoms with Crippen molar-refractivity contribution >= 4 is 5.78 Å². The standard InChI is InChI=1S/C19H20O4/c1-10-3-5-12-9-11-4-6-14(22-2)16-15(11)19(10)17(23-16)13(20)7-8-18(12,19)21/h4,6-8,10,12,17,21H,3,5,9H2,1-2H3/t10-,12+,17?,18?,19-/m0/s1. The zero-order valence-electron chi connectivity index (χ0n) is 13.3. The van der Waals surface area contributed by atoms with Gasteiger partial charge in [-0.3, -0.25) is 4.79 Å². The molecule has 5 rings (SSSR count). The van der Waals surface area contributed by atoms with E-state index in [-0.39, 0.29) is 17.6 Å². The Kier molecular flexibility index (Phi) is 2.36. The average molecular weight is 312 g/mol. The molecule has 4 heteroatoms. The molecule has 1 aromatic rings. The van der Waals surface area contributed by atoms with Gasteiger partial charge < -0.3 is 14.6 Å². The molecule has 120 valence electrons. The number of ketones is 1. The van der Waals surface area contributed by atoms with Crippen molar-refractivity contribution in [3.63, 3.8) is 0 Å². The van der Waals surface area contributed by atoms with Gasteiger partial charge in [0.15, 0.2) is 23.4 Å². The van der Waals surface area contributed by atoms with E-state index in [1.54, 1.807) is 13.2 Å². The van der Waals surface area contributed by atoms with Crippen LogP contribution in [0.25, 0.3) is 0 Å². The molecule has 1 aliphatic heterocycles. The lowest BCUT2D eigenvalue weighted by molar-refractivity contribution is -0.156. The molecule has 1 aromatic carbocycles. The minimum absolute atomic E-state index is 0.0479. The van der Waals surface area contributed by atoms with Gasteiger partial charge in [-0.25, -0.2) is 0 Å². The lowest BCUT2D eigenvalue weighted by Crippen LogP contribution is -2.70. The minimum Gasteiger partial charge on any atom is -0.493 e. The average Bonchev–Trinajstić information content (AvgIpc) is 2.91. The summed E-state index contributed by atoms with van der Waals surface area (Å²) < 4.78 is 11.6. The van der Waals surface area contributed by atoms with Crippen molar-refractivity contribution in [1.82, 2.24) is 0 Å². The summed E-state index contributed by atoms with van der Waals surface area (Å²) in [6.45, 7) is 2.15. The second-order valence-corrected chi connectivity index (χ2v) is 7.44. The summed E-state index contributed by atoms with van der Waals surface area (Å²) in [5.74, 6) is 1.58. The van der Waals surface area contributed by atoms with Crippen LogP contribution in [-0.4, -0.2) is 29.7 Å². The number of rotatable bonds is 1. The third-order valence-corrected chi connectivity index (χ3v) is 6.73. The van der Waals surface area contributed by atoms with Gasteiger partial charge >= 0.3 is 0 Å². The van der Waals surface area contributed by atoms with Crippen LogP contribution in [0.3, 0.4) is 0 Å². The molecule has 5 atom stereocenters. The zero-order valence-corrected chi connectivity index (χ0v) is 13.3. The normalized spacial score (nSPS) is 42.2. The molecule has 2 bridgehead atoms. The van der Waals surface area contributed by atoms with Crippen molar-refractivity contribution < 1.29 is 19.4 Å². The number of methoxy groups -OCH3 is 1. The van der Waals surface area contributed by atoms with E-state index in [1.165, 1.54) is 11.6 Å². The summed E-state index contributed by atoms with van der Waals surface area (Å²) in [5, 5.41) is 11.7. The molecule has 0 saturated heterocycles. The summed E-state index contributed by atoms with van der Waals surface area (Å²) in [7, 11) is 1.61. The number of hydrogen-bond donors (Lipinski definition) is 1. The van der Waals surface area contributed by atoms with Gasteiger partial charge in [0.05, 0.1) is 12.5 Å². The largest absolute Gasteiger partial charge is 0.493 e. The summed E-state index contributed by atoms with van der Waals surface area (Å²) in [6, 6.07) is 4.00. The fraction of sp³-hybridized carbons (Fsp3) is 0.526. The monoisotopic (exact) mass is 312 g/mol. The van der Waals surface area contributed by atoms with Crippen molar-refractivity contribution in [2.24, 2.45) is 11.8 Å². The van der Waals surface area contributed by atoms with Gasteiger partial charge in [0.1, 0.15) is 5.60 Å². The summed E-state index contributed by atoms with van der Waals surface area (Å²) in [5.41, 5.74) is 0.547. The van der Waals surface area contributed by atoms with Crippen molar-refractivity contribution in [2.75, 3.05) is 7.11 Å². The Morgan fingerprint density at radius 2 is 2.17 bits per heavy atom. The SMILES string of the molecule is COc1ccc2c3c1OC1C(=O)C=CC4(O)[C@H](CC[C@H](C)[C@]314)C2. The number of hydrogen-bond acceptors (Lipinski definition) is 4. The van der Waals surface area contributed by atoms with Gasteiger partial charge in [0.2, 0.25) is 0 Å². The van der Waals surface area contributed by atoms with Crippen LogP contribution < -0.4 is 9.47 Å². The smallest absolute Gasteiger partial charge is 0.196 e. The topological polar surface area (TPSA) is 55.8 Å². The molecule has 3 aliphatic carbocycles. The highest BCUT2D eigenvalue weighted by Gasteiger charge is 2.72. The van der Waals surface area contributed by atoms with Gasteiger partial charge in [-0.1, -0.05) is 13.0 Å². The van der Waals surface area contributed by atoms with E-state index in [4.69, 9.17) is 9.47 Å². The highest BCUT2D eigenvalue weighted by Crippen LogP contribution is 2.67. The van der Waals surface area contributed by atoms with Crippen LogP contribution in [0.4, 0.5) is 0 Å². The molecule has 1 heterocycles. The maximum atomic E-state index is 12.6. The Morgan fingerprint density at radius 3 is 2.96 bits per heavy atom. The van der Waals surface area contributed by atoms with E-state index in [1.807, 2.05) is 6.07 Å². The van der Waals surface area contributed by atoms with E-state index in [0.29, 0.717) is 11.5 Å². The van der Waals surface area contributed by atoms with Crippen molar-refractivity contribution in [1.29, 1.82) is 0 Å². The molecule has 4 aliphatic rings. The summed E-state index contributed by atoms with van der Waals surface area (Å²) in [6.07, 6.45) is 5.45. The molecule has 1 N–H and O–H groups in total. The van der Waals surface area contributed by atoms with E-state index < -0.39 is 17.1 Å². The highest BCUT2D eigenvalue weighted by molar-refractivity contribution is 5.99. The van der Waals surface area contributed by atoms with Gasteiger partial charge in [-0.15, -0.1) is 0 Å². The Labute approximate surface area is 135 Å². The maximum Gasteiger partial charge on any atom is 0.196 e. The predicted octanol–water partition coefficient (Wildman–Crippen LogP) is 2.17. The van der Waals surface area contributed by atoms with Crippen LogP contribution in [0.2, 0.25) is 0 Å². The molecule has 0 radical (unpaired) electrons. The van der Waals surface area contributed by atoms with Crippen LogP contribution in [0, 0.1) is 11.8 Å². The number of carbonyl (C=O) groups is 1. The maximum absolute atomic E-state index is 12.6. The summed E-state index contributed by atoms with van der Waals surface area (Å²) >= 11 is 0. The Hall–Kier alpha value is -1.81. The fourth-order valence-electron chi connectivity index (χ4n) is 5.77. The molecular formula is C19H20O4. The number of carbonyl (C=O) groups excluding carboxylic acids is 1. The van der Waals surface area contributed by atoms with E-state index in [0.717, 1.165) is 24.8 Å². The molecule has 23 heavy (non-hydrogen) atoms. The molecule has 1 saturated carbocycles. The Bertz CT molecular complexity index is 767. The first-order valence-corrected chi connectivity index (χ1v) is 8.36. The van der Waals surface area contributed by atoms with Crippen LogP contribution in [0.15, 0.2) is 24.3 Å². The van der Waals surface area contributed by atoms with Gasteiger partial charge in [0, 0.05) is 5.56 Å². The van der Waals surface area contributed by atoms with E-state index in [9.17, 15) is 9.90 Å². The van der Waals surface area contributed by atoms with Crippen molar-refractivity contribution in [3.8, 4) is 11.5 Å². The van der Waals surface area contributed by atoms with E-state index >= 15 is 0 Å². The quantitative estimate of drug-likeness (QED) is 0.863. The van der Waals surface area contributed by atoms with Crippen LogP contribution in [0.1, 0.15) is 30.9 Å². The Balaban J connectivity index is 1.92. The van der Waals surface area contributed by atoms with Gasteiger partial charge in [-0.2, -0.15) is 0 Å². The minimum atomic E-state index is -1.01.